The summed E-state index contributed by atoms with van der Waals surface area (Å²) in [6, 6.07) is 12.3. The van der Waals surface area contributed by atoms with E-state index in [0.717, 1.165) is 17.8 Å². The quantitative estimate of drug-likeness (QED) is 0.281. The number of carbonyl (C=O) groups is 1. The summed E-state index contributed by atoms with van der Waals surface area (Å²) in [5.74, 6) is -1.19. The van der Waals surface area contributed by atoms with Gasteiger partial charge in [0.1, 0.15) is 17.4 Å². The number of nitro benzene ring substituents is 1. The minimum Gasteiger partial charge on any atom is -0.506 e. The minimum absolute atomic E-state index is 0.0234. The Bertz CT molecular complexity index is 912. The van der Waals surface area contributed by atoms with Crippen molar-refractivity contribution in [3.8, 4) is 11.8 Å². The van der Waals surface area contributed by atoms with Crippen molar-refractivity contribution in [1.82, 2.24) is 0 Å². The smallest absolute Gasteiger partial charge is 0.273 e. The van der Waals surface area contributed by atoms with Crippen LogP contribution in [-0.4, -0.2) is 30.0 Å². The van der Waals surface area contributed by atoms with E-state index in [1.807, 2.05) is 31.1 Å². The van der Waals surface area contributed by atoms with Crippen LogP contribution in [0.25, 0.3) is 6.08 Å². The van der Waals surface area contributed by atoms with Crippen LogP contribution in [0.1, 0.15) is 5.56 Å². The molecule has 132 valence electrons. The molecule has 2 N–H and O–H groups in total. The Hall–Kier alpha value is -3.86. The molecule has 0 aliphatic carbocycles. The van der Waals surface area contributed by atoms with Crippen LogP contribution in [-0.2, 0) is 4.79 Å². The fourth-order valence-corrected chi connectivity index (χ4v) is 2.11. The molecule has 0 fully saturated rings. The summed E-state index contributed by atoms with van der Waals surface area (Å²) in [5, 5.41) is 32.0. The van der Waals surface area contributed by atoms with E-state index in [0.29, 0.717) is 5.56 Å². The minimum atomic E-state index is -0.728. The highest BCUT2D eigenvalue weighted by atomic mass is 16.6. The number of hydrogen-bond acceptors (Lipinski definition) is 6. The van der Waals surface area contributed by atoms with Gasteiger partial charge in [-0.1, -0.05) is 12.1 Å². The van der Waals surface area contributed by atoms with Crippen molar-refractivity contribution < 1.29 is 14.8 Å². The van der Waals surface area contributed by atoms with Crippen molar-refractivity contribution in [2.24, 2.45) is 0 Å². The van der Waals surface area contributed by atoms with E-state index in [2.05, 4.69) is 5.32 Å². The molecule has 8 heteroatoms. The SMILES string of the molecule is CN(C)c1ccc(/C=C(\C#N)C(=O)Nc2ccc([N+](=O)[O-])cc2O)cc1. The van der Waals surface area contributed by atoms with Crippen LogP contribution in [0.4, 0.5) is 17.1 Å². The fraction of sp³-hybridized carbons (Fsp3) is 0.111. The maximum Gasteiger partial charge on any atom is 0.273 e. The number of aromatic hydroxyl groups is 1. The number of nitriles is 1. The van der Waals surface area contributed by atoms with Gasteiger partial charge in [0.2, 0.25) is 0 Å². The normalized spacial score (nSPS) is 10.7. The van der Waals surface area contributed by atoms with Crippen LogP contribution in [0.2, 0.25) is 0 Å². The summed E-state index contributed by atoms with van der Waals surface area (Å²) in [7, 11) is 3.80. The Kier molecular flexibility index (Phi) is 5.55. The Morgan fingerprint density at radius 3 is 2.42 bits per heavy atom. The number of non-ortho nitro benzene ring substituents is 1. The van der Waals surface area contributed by atoms with Crippen LogP contribution >= 0.6 is 0 Å². The van der Waals surface area contributed by atoms with Crippen LogP contribution in [0.5, 0.6) is 5.75 Å². The number of nitrogens with one attached hydrogen (secondary N) is 1. The zero-order chi connectivity index (χ0) is 19.3. The molecule has 0 heterocycles. The average molecular weight is 352 g/mol. The maximum absolute atomic E-state index is 12.2. The second kappa shape index (κ2) is 7.81. The third-order valence-electron chi connectivity index (χ3n) is 3.53. The Labute approximate surface area is 149 Å². The lowest BCUT2D eigenvalue weighted by Crippen LogP contribution is -2.13. The van der Waals surface area contributed by atoms with E-state index in [1.165, 1.54) is 12.1 Å². The van der Waals surface area contributed by atoms with E-state index < -0.39 is 16.6 Å². The molecule has 0 bridgehead atoms. The van der Waals surface area contributed by atoms with Crippen LogP contribution in [0.3, 0.4) is 0 Å². The molecule has 0 aliphatic rings. The molecule has 0 saturated heterocycles. The highest BCUT2D eigenvalue weighted by molar-refractivity contribution is 6.10. The number of amides is 1. The van der Waals surface area contributed by atoms with Gasteiger partial charge >= 0.3 is 0 Å². The number of nitro groups is 1. The van der Waals surface area contributed by atoms with Gasteiger partial charge in [0.05, 0.1) is 16.7 Å². The van der Waals surface area contributed by atoms with E-state index in [9.17, 15) is 25.3 Å². The summed E-state index contributed by atoms with van der Waals surface area (Å²) in [6.07, 6.45) is 1.41. The lowest BCUT2D eigenvalue weighted by Gasteiger charge is -2.12. The van der Waals surface area contributed by atoms with Crippen molar-refractivity contribution in [3.63, 3.8) is 0 Å². The van der Waals surface area contributed by atoms with Crippen LogP contribution in [0.15, 0.2) is 48.0 Å². The van der Waals surface area contributed by atoms with Gasteiger partial charge < -0.3 is 15.3 Å². The molecule has 8 nitrogen and oxygen atoms in total. The van der Waals surface area contributed by atoms with Crippen molar-refractivity contribution in [3.05, 3.63) is 63.7 Å². The molecular formula is C18H16N4O4. The van der Waals surface area contributed by atoms with Gasteiger partial charge in [0, 0.05) is 25.8 Å². The third-order valence-corrected chi connectivity index (χ3v) is 3.53. The maximum atomic E-state index is 12.2. The topological polar surface area (TPSA) is 120 Å². The molecule has 0 unspecified atom stereocenters. The predicted octanol–water partition coefficient (Wildman–Crippen LogP) is 2.91. The van der Waals surface area contributed by atoms with Gasteiger partial charge in [-0.05, 0) is 29.8 Å². The van der Waals surface area contributed by atoms with Gasteiger partial charge in [-0.2, -0.15) is 5.26 Å². The molecule has 2 rings (SSSR count). The molecule has 0 aromatic heterocycles. The molecule has 0 radical (unpaired) electrons. The summed E-state index contributed by atoms with van der Waals surface area (Å²) in [4.78, 5) is 24.2. The Morgan fingerprint density at radius 2 is 1.92 bits per heavy atom. The highest BCUT2D eigenvalue weighted by Crippen LogP contribution is 2.28. The molecule has 2 aromatic rings. The Balaban J connectivity index is 2.21. The Morgan fingerprint density at radius 1 is 1.27 bits per heavy atom. The van der Waals surface area contributed by atoms with Gasteiger partial charge in [-0.15, -0.1) is 0 Å². The summed E-state index contributed by atoms with van der Waals surface area (Å²) in [6.45, 7) is 0. The number of benzene rings is 2. The molecular weight excluding hydrogens is 336 g/mol. The average Bonchev–Trinajstić information content (AvgIpc) is 2.61. The number of hydrogen-bond donors (Lipinski definition) is 2. The number of rotatable bonds is 5. The first-order chi connectivity index (χ1) is 12.3. The first-order valence-corrected chi connectivity index (χ1v) is 7.49. The standard InChI is InChI=1S/C18H16N4O4/c1-21(2)14-5-3-12(4-6-14)9-13(11-19)18(24)20-16-8-7-15(22(25)26)10-17(16)23/h3-10,23H,1-2H3,(H,20,24)/b13-9+. The number of nitrogens with zero attached hydrogens (tertiary/aromatic N) is 3. The van der Waals surface area contributed by atoms with E-state index >= 15 is 0 Å². The summed E-state index contributed by atoms with van der Waals surface area (Å²) < 4.78 is 0. The van der Waals surface area contributed by atoms with Gasteiger partial charge in [-0.3, -0.25) is 14.9 Å². The molecule has 1 amide bonds. The van der Waals surface area contributed by atoms with Crippen molar-refractivity contribution in [2.75, 3.05) is 24.3 Å². The molecule has 26 heavy (non-hydrogen) atoms. The van der Waals surface area contributed by atoms with E-state index in [-0.39, 0.29) is 16.9 Å². The third kappa shape index (κ3) is 4.36. The summed E-state index contributed by atoms with van der Waals surface area (Å²) >= 11 is 0. The summed E-state index contributed by atoms with van der Waals surface area (Å²) in [5.41, 5.74) is 1.14. The van der Waals surface area contributed by atoms with E-state index in [4.69, 9.17) is 0 Å². The lowest BCUT2D eigenvalue weighted by atomic mass is 10.1. The zero-order valence-electron chi connectivity index (χ0n) is 14.1. The fourth-order valence-electron chi connectivity index (χ4n) is 2.11. The monoisotopic (exact) mass is 352 g/mol. The molecule has 0 saturated carbocycles. The molecule has 0 spiro atoms. The van der Waals surface area contributed by atoms with Crippen molar-refractivity contribution in [1.29, 1.82) is 5.26 Å². The second-order valence-electron chi connectivity index (χ2n) is 5.57. The van der Waals surface area contributed by atoms with Crippen molar-refractivity contribution >= 4 is 29.0 Å². The number of anilines is 2. The van der Waals surface area contributed by atoms with E-state index in [1.54, 1.807) is 18.2 Å². The largest absolute Gasteiger partial charge is 0.506 e. The van der Waals surface area contributed by atoms with Crippen molar-refractivity contribution in [2.45, 2.75) is 0 Å². The molecule has 0 aliphatic heterocycles. The number of phenolic OH excluding ortho intramolecular Hbond substituents is 1. The van der Waals surface area contributed by atoms with Crippen LogP contribution < -0.4 is 10.2 Å². The van der Waals surface area contributed by atoms with Gasteiger partial charge in [0.25, 0.3) is 11.6 Å². The second-order valence-corrected chi connectivity index (χ2v) is 5.57. The lowest BCUT2D eigenvalue weighted by molar-refractivity contribution is -0.384. The molecule has 0 atom stereocenters. The highest BCUT2D eigenvalue weighted by Gasteiger charge is 2.15. The predicted molar refractivity (Wildman–Crippen MR) is 97.7 cm³/mol. The number of carbonyl (C=O) groups excluding carboxylic acids is 1. The zero-order valence-corrected chi connectivity index (χ0v) is 14.1. The van der Waals surface area contributed by atoms with Gasteiger partial charge in [-0.25, -0.2) is 0 Å². The number of phenols is 1. The first kappa shape index (κ1) is 18.5. The first-order valence-electron chi connectivity index (χ1n) is 7.49. The van der Waals surface area contributed by atoms with Gasteiger partial charge in [0.15, 0.2) is 0 Å². The van der Waals surface area contributed by atoms with Crippen LogP contribution in [0, 0.1) is 21.4 Å². The molecule has 2 aromatic carbocycles.